The molecule has 0 atom stereocenters. The lowest BCUT2D eigenvalue weighted by molar-refractivity contribution is 0.416. The number of ether oxygens (including phenoxy) is 1. The zero-order valence-corrected chi connectivity index (χ0v) is 9.89. The van der Waals surface area contributed by atoms with Crippen molar-refractivity contribution >= 4 is 0 Å². The van der Waals surface area contributed by atoms with Crippen LogP contribution in [0.15, 0.2) is 42.7 Å². The normalized spacial score (nSPS) is 10.2. The fourth-order valence-electron chi connectivity index (χ4n) is 1.83. The smallest absolute Gasteiger partial charge is 0.126 e. The van der Waals surface area contributed by atoms with Crippen LogP contribution in [-0.2, 0) is 6.42 Å². The molecule has 0 aliphatic rings. The first kappa shape index (κ1) is 11.6. The van der Waals surface area contributed by atoms with Gasteiger partial charge in [0.2, 0.25) is 0 Å². The number of nitrogens with two attached hydrogens (primary N) is 1. The molecular weight excluding hydrogens is 212 g/mol. The molecule has 0 aliphatic heterocycles. The number of hydrogen-bond donors (Lipinski definition) is 1. The van der Waals surface area contributed by atoms with Crippen LogP contribution in [0.4, 0.5) is 0 Å². The molecule has 0 aliphatic carbocycles. The van der Waals surface area contributed by atoms with E-state index in [2.05, 4.69) is 17.1 Å². The third kappa shape index (κ3) is 2.63. The Morgan fingerprint density at radius 3 is 2.59 bits per heavy atom. The van der Waals surface area contributed by atoms with Gasteiger partial charge in [0.15, 0.2) is 0 Å². The molecule has 88 valence electrons. The van der Waals surface area contributed by atoms with Gasteiger partial charge < -0.3 is 10.5 Å². The molecule has 1 aromatic carbocycles. The molecule has 0 spiro atoms. The molecule has 2 aromatic rings. The quantitative estimate of drug-likeness (QED) is 0.873. The molecule has 0 saturated carbocycles. The van der Waals surface area contributed by atoms with Crippen molar-refractivity contribution < 1.29 is 4.74 Å². The van der Waals surface area contributed by atoms with Gasteiger partial charge >= 0.3 is 0 Å². The van der Waals surface area contributed by atoms with Gasteiger partial charge in [-0.2, -0.15) is 0 Å². The second kappa shape index (κ2) is 5.46. The predicted octanol–water partition coefficient (Wildman–Crippen LogP) is 2.26. The van der Waals surface area contributed by atoms with Crippen molar-refractivity contribution in [2.45, 2.75) is 6.42 Å². The Balaban J connectivity index is 2.46. The fourth-order valence-corrected chi connectivity index (χ4v) is 1.83. The van der Waals surface area contributed by atoms with Crippen LogP contribution >= 0.6 is 0 Å². The van der Waals surface area contributed by atoms with Crippen molar-refractivity contribution in [1.82, 2.24) is 4.98 Å². The van der Waals surface area contributed by atoms with Crippen molar-refractivity contribution in [2.24, 2.45) is 5.73 Å². The summed E-state index contributed by atoms with van der Waals surface area (Å²) in [5.41, 5.74) is 8.99. The van der Waals surface area contributed by atoms with Gasteiger partial charge in [-0.3, -0.25) is 4.98 Å². The first-order chi connectivity index (χ1) is 8.35. The van der Waals surface area contributed by atoms with Crippen LogP contribution in [-0.4, -0.2) is 18.6 Å². The van der Waals surface area contributed by atoms with Crippen molar-refractivity contribution in [3.05, 3.63) is 48.3 Å². The first-order valence-electron chi connectivity index (χ1n) is 5.62. The zero-order chi connectivity index (χ0) is 12.1. The molecule has 3 nitrogen and oxygen atoms in total. The number of pyridine rings is 1. The number of hydrogen-bond acceptors (Lipinski definition) is 3. The average molecular weight is 228 g/mol. The molecule has 0 saturated heterocycles. The second-order valence-electron chi connectivity index (χ2n) is 3.81. The summed E-state index contributed by atoms with van der Waals surface area (Å²) in [6, 6.07) is 10.1. The Morgan fingerprint density at radius 2 is 1.94 bits per heavy atom. The molecule has 17 heavy (non-hydrogen) atoms. The van der Waals surface area contributed by atoms with E-state index >= 15 is 0 Å². The van der Waals surface area contributed by atoms with E-state index in [1.165, 1.54) is 5.56 Å². The highest BCUT2D eigenvalue weighted by molar-refractivity contribution is 5.70. The van der Waals surface area contributed by atoms with Crippen LogP contribution in [0.25, 0.3) is 11.1 Å². The van der Waals surface area contributed by atoms with E-state index in [9.17, 15) is 0 Å². The number of aromatic nitrogens is 1. The van der Waals surface area contributed by atoms with E-state index < -0.39 is 0 Å². The SMILES string of the molecule is COc1ccc(CCN)cc1-c1ccncc1. The lowest BCUT2D eigenvalue weighted by Gasteiger charge is -2.10. The van der Waals surface area contributed by atoms with Crippen molar-refractivity contribution in [3.8, 4) is 16.9 Å². The minimum atomic E-state index is 0.655. The maximum absolute atomic E-state index is 5.58. The van der Waals surface area contributed by atoms with E-state index in [0.717, 1.165) is 23.3 Å². The van der Waals surface area contributed by atoms with Crippen molar-refractivity contribution in [3.63, 3.8) is 0 Å². The molecule has 2 N–H and O–H groups in total. The first-order valence-corrected chi connectivity index (χ1v) is 5.62. The van der Waals surface area contributed by atoms with E-state index in [-0.39, 0.29) is 0 Å². The molecule has 0 bridgehead atoms. The standard InChI is InChI=1S/C14H16N2O/c1-17-14-3-2-11(4-7-15)10-13(14)12-5-8-16-9-6-12/h2-3,5-6,8-10H,4,7,15H2,1H3. The third-order valence-corrected chi connectivity index (χ3v) is 2.69. The molecule has 2 rings (SSSR count). The molecule has 0 radical (unpaired) electrons. The molecule has 0 amide bonds. The Morgan fingerprint density at radius 1 is 1.18 bits per heavy atom. The minimum Gasteiger partial charge on any atom is -0.496 e. The Hall–Kier alpha value is -1.87. The largest absolute Gasteiger partial charge is 0.496 e. The number of nitrogens with zero attached hydrogens (tertiary/aromatic N) is 1. The summed E-state index contributed by atoms with van der Waals surface area (Å²) in [6.07, 6.45) is 4.44. The van der Waals surface area contributed by atoms with E-state index in [1.807, 2.05) is 18.2 Å². The number of methoxy groups -OCH3 is 1. The molecular formula is C14H16N2O. The fraction of sp³-hybridized carbons (Fsp3) is 0.214. The van der Waals surface area contributed by atoms with Gasteiger partial charge in [-0.05, 0) is 48.4 Å². The number of rotatable bonds is 4. The molecule has 0 fully saturated rings. The minimum absolute atomic E-state index is 0.655. The summed E-state index contributed by atoms with van der Waals surface area (Å²) in [7, 11) is 1.68. The highest BCUT2D eigenvalue weighted by Gasteiger charge is 2.06. The molecule has 1 heterocycles. The van der Waals surface area contributed by atoms with E-state index in [1.54, 1.807) is 19.5 Å². The van der Waals surface area contributed by atoms with Gasteiger partial charge in [0.25, 0.3) is 0 Å². The summed E-state index contributed by atoms with van der Waals surface area (Å²) in [5, 5.41) is 0. The van der Waals surface area contributed by atoms with Gasteiger partial charge in [-0.15, -0.1) is 0 Å². The highest BCUT2D eigenvalue weighted by atomic mass is 16.5. The van der Waals surface area contributed by atoms with Crippen molar-refractivity contribution in [2.75, 3.05) is 13.7 Å². The van der Waals surface area contributed by atoms with Crippen LogP contribution in [0.5, 0.6) is 5.75 Å². The summed E-state index contributed by atoms with van der Waals surface area (Å²) in [6.45, 7) is 0.655. The highest BCUT2D eigenvalue weighted by Crippen LogP contribution is 2.30. The third-order valence-electron chi connectivity index (χ3n) is 2.69. The summed E-state index contributed by atoms with van der Waals surface area (Å²) >= 11 is 0. The van der Waals surface area contributed by atoms with E-state index in [4.69, 9.17) is 10.5 Å². The molecule has 3 heteroatoms. The number of benzene rings is 1. The van der Waals surface area contributed by atoms with Crippen LogP contribution in [0.3, 0.4) is 0 Å². The van der Waals surface area contributed by atoms with Crippen LogP contribution in [0.1, 0.15) is 5.56 Å². The van der Waals surface area contributed by atoms with Gasteiger partial charge in [0.1, 0.15) is 5.75 Å². The van der Waals surface area contributed by atoms with Gasteiger partial charge in [-0.25, -0.2) is 0 Å². The lowest BCUT2D eigenvalue weighted by Crippen LogP contribution is -2.03. The van der Waals surface area contributed by atoms with Gasteiger partial charge in [0, 0.05) is 18.0 Å². The van der Waals surface area contributed by atoms with Crippen molar-refractivity contribution in [1.29, 1.82) is 0 Å². The second-order valence-corrected chi connectivity index (χ2v) is 3.81. The Kier molecular flexibility index (Phi) is 3.73. The molecule has 1 aromatic heterocycles. The monoisotopic (exact) mass is 228 g/mol. The summed E-state index contributed by atoms with van der Waals surface area (Å²) in [4.78, 5) is 4.02. The maximum Gasteiger partial charge on any atom is 0.126 e. The Bertz CT molecular complexity index is 483. The predicted molar refractivity (Wildman–Crippen MR) is 69.0 cm³/mol. The molecule has 0 unspecified atom stereocenters. The lowest BCUT2D eigenvalue weighted by atomic mass is 10.0. The maximum atomic E-state index is 5.58. The zero-order valence-electron chi connectivity index (χ0n) is 9.89. The Labute approximate surface area is 101 Å². The van der Waals surface area contributed by atoms with Crippen LogP contribution in [0.2, 0.25) is 0 Å². The van der Waals surface area contributed by atoms with E-state index in [0.29, 0.717) is 6.54 Å². The van der Waals surface area contributed by atoms with Crippen LogP contribution < -0.4 is 10.5 Å². The topological polar surface area (TPSA) is 48.1 Å². The summed E-state index contributed by atoms with van der Waals surface area (Å²) in [5.74, 6) is 0.872. The summed E-state index contributed by atoms with van der Waals surface area (Å²) < 4.78 is 5.38. The van der Waals surface area contributed by atoms with Crippen LogP contribution in [0, 0.1) is 0 Å². The average Bonchev–Trinajstić information content (AvgIpc) is 2.40. The van der Waals surface area contributed by atoms with Gasteiger partial charge in [-0.1, -0.05) is 6.07 Å². The van der Waals surface area contributed by atoms with Gasteiger partial charge in [0.05, 0.1) is 7.11 Å².